The molecular weight excluding hydrogens is 262 g/mol. The Balaban J connectivity index is 2.09. The van der Waals surface area contributed by atoms with E-state index >= 15 is 0 Å². The van der Waals surface area contributed by atoms with Crippen LogP contribution in [0, 0.1) is 0 Å². The van der Waals surface area contributed by atoms with Crippen LogP contribution in [-0.4, -0.2) is 15.9 Å². The smallest absolute Gasteiger partial charge is 0.249 e. The fraction of sp³-hybridized carbons (Fsp3) is 0. The number of carbonyl (C=O) groups excluding carboxylic acids is 1. The summed E-state index contributed by atoms with van der Waals surface area (Å²) in [7, 11) is 0. The van der Waals surface area contributed by atoms with Gasteiger partial charge < -0.3 is 5.73 Å². The average molecular weight is 275 g/mol. The Morgan fingerprint density at radius 1 is 1.05 bits per heavy atom. The lowest BCUT2D eigenvalue weighted by Crippen LogP contribution is -2.12. The summed E-state index contributed by atoms with van der Waals surface area (Å²) in [6.45, 7) is 0. The lowest BCUT2D eigenvalue weighted by Gasteiger charge is -2.04. The fourth-order valence-electron chi connectivity index (χ4n) is 2.12. The SMILES string of the molecule is NC(=O)C(=Cc1ccc2cnccc2n1)c1ccccc1. The molecule has 4 heteroatoms. The first-order valence-electron chi connectivity index (χ1n) is 6.52. The minimum atomic E-state index is -0.474. The summed E-state index contributed by atoms with van der Waals surface area (Å²) in [5.74, 6) is -0.474. The molecule has 0 saturated carbocycles. The molecule has 0 unspecified atom stereocenters. The van der Waals surface area contributed by atoms with E-state index in [4.69, 9.17) is 5.73 Å². The van der Waals surface area contributed by atoms with Crippen LogP contribution in [0.5, 0.6) is 0 Å². The third kappa shape index (κ3) is 2.79. The highest BCUT2D eigenvalue weighted by Crippen LogP contribution is 2.18. The molecule has 0 fully saturated rings. The Morgan fingerprint density at radius 2 is 1.86 bits per heavy atom. The Morgan fingerprint density at radius 3 is 2.62 bits per heavy atom. The second-order valence-electron chi connectivity index (χ2n) is 4.59. The number of primary amides is 1. The van der Waals surface area contributed by atoms with Gasteiger partial charge in [-0.25, -0.2) is 4.98 Å². The molecule has 3 aromatic rings. The van der Waals surface area contributed by atoms with Crippen LogP contribution in [0.15, 0.2) is 60.9 Å². The van der Waals surface area contributed by atoms with Gasteiger partial charge in [-0.15, -0.1) is 0 Å². The van der Waals surface area contributed by atoms with Gasteiger partial charge in [0.25, 0.3) is 0 Å². The molecule has 3 rings (SSSR count). The van der Waals surface area contributed by atoms with E-state index in [-0.39, 0.29) is 0 Å². The van der Waals surface area contributed by atoms with Crippen molar-refractivity contribution >= 4 is 28.5 Å². The van der Waals surface area contributed by atoms with Gasteiger partial charge in [0.1, 0.15) is 0 Å². The topological polar surface area (TPSA) is 68.9 Å². The molecule has 0 atom stereocenters. The van der Waals surface area contributed by atoms with Gasteiger partial charge in [-0.05, 0) is 29.8 Å². The van der Waals surface area contributed by atoms with Crippen LogP contribution in [0.1, 0.15) is 11.3 Å². The Kier molecular flexibility index (Phi) is 3.43. The third-order valence-corrected chi connectivity index (χ3v) is 3.15. The summed E-state index contributed by atoms with van der Waals surface area (Å²) in [6, 6.07) is 14.9. The van der Waals surface area contributed by atoms with Gasteiger partial charge in [0, 0.05) is 23.4 Å². The van der Waals surface area contributed by atoms with Crippen molar-refractivity contribution in [2.75, 3.05) is 0 Å². The summed E-state index contributed by atoms with van der Waals surface area (Å²) >= 11 is 0. The van der Waals surface area contributed by atoms with Crippen LogP contribution in [0.25, 0.3) is 22.6 Å². The van der Waals surface area contributed by atoms with Crippen LogP contribution < -0.4 is 5.73 Å². The predicted octanol–water partition coefficient (Wildman–Crippen LogP) is 2.66. The normalized spacial score (nSPS) is 11.5. The maximum absolute atomic E-state index is 11.7. The van der Waals surface area contributed by atoms with Crippen LogP contribution in [-0.2, 0) is 4.79 Å². The number of amides is 1. The number of nitrogens with zero attached hydrogens (tertiary/aromatic N) is 2. The van der Waals surface area contributed by atoms with Gasteiger partial charge in [-0.1, -0.05) is 30.3 Å². The minimum Gasteiger partial charge on any atom is -0.366 e. The van der Waals surface area contributed by atoms with Crippen LogP contribution in [0.2, 0.25) is 0 Å². The summed E-state index contributed by atoms with van der Waals surface area (Å²) < 4.78 is 0. The largest absolute Gasteiger partial charge is 0.366 e. The summed E-state index contributed by atoms with van der Waals surface area (Å²) in [5.41, 5.74) is 8.22. The molecular formula is C17H13N3O. The van der Waals surface area contributed by atoms with Crippen molar-refractivity contribution < 1.29 is 4.79 Å². The summed E-state index contributed by atoms with van der Waals surface area (Å²) in [4.78, 5) is 20.2. The van der Waals surface area contributed by atoms with Crippen molar-refractivity contribution in [3.63, 3.8) is 0 Å². The maximum Gasteiger partial charge on any atom is 0.249 e. The van der Waals surface area contributed by atoms with Crippen molar-refractivity contribution in [2.45, 2.75) is 0 Å². The van der Waals surface area contributed by atoms with Gasteiger partial charge in [0.15, 0.2) is 0 Å². The van der Waals surface area contributed by atoms with E-state index in [1.807, 2.05) is 48.5 Å². The highest BCUT2D eigenvalue weighted by atomic mass is 16.1. The van der Waals surface area contributed by atoms with E-state index in [0.29, 0.717) is 11.3 Å². The van der Waals surface area contributed by atoms with Crippen molar-refractivity contribution in [3.8, 4) is 0 Å². The quantitative estimate of drug-likeness (QED) is 0.747. The predicted molar refractivity (Wildman–Crippen MR) is 83.0 cm³/mol. The van der Waals surface area contributed by atoms with Crippen molar-refractivity contribution in [3.05, 3.63) is 72.2 Å². The van der Waals surface area contributed by atoms with Crippen LogP contribution in [0.4, 0.5) is 0 Å². The van der Waals surface area contributed by atoms with Gasteiger partial charge in [0.2, 0.25) is 5.91 Å². The molecule has 0 aliphatic heterocycles. The minimum absolute atomic E-state index is 0.441. The average Bonchev–Trinajstić information content (AvgIpc) is 2.53. The first-order valence-corrected chi connectivity index (χ1v) is 6.52. The van der Waals surface area contributed by atoms with Crippen molar-refractivity contribution in [1.29, 1.82) is 0 Å². The first kappa shape index (κ1) is 13.0. The third-order valence-electron chi connectivity index (χ3n) is 3.15. The molecule has 0 radical (unpaired) electrons. The first-order chi connectivity index (χ1) is 10.2. The number of aromatic nitrogens is 2. The molecule has 2 N–H and O–H groups in total. The zero-order chi connectivity index (χ0) is 14.7. The zero-order valence-electron chi connectivity index (χ0n) is 11.2. The van der Waals surface area contributed by atoms with E-state index in [1.54, 1.807) is 18.5 Å². The molecule has 4 nitrogen and oxygen atoms in total. The zero-order valence-corrected chi connectivity index (χ0v) is 11.2. The standard InChI is InChI=1S/C17H13N3O/c18-17(21)15(12-4-2-1-3-5-12)10-14-7-6-13-11-19-9-8-16(13)20-14/h1-11H,(H2,18,21). The molecule has 0 aliphatic rings. The number of nitrogens with two attached hydrogens (primary N) is 1. The number of fused-ring (bicyclic) bond motifs is 1. The highest BCUT2D eigenvalue weighted by molar-refractivity contribution is 6.23. The molecule has 102 valence electrons. The van der Waals surface area contributed by atoms with Gasteiger partial charge in [-0.3, -0.25) is 9.78 Å². The molecule has 1 aromatic carbocycles. The van der Waals surface area contributed by atoms with E-state index in [2.05, 4.69) is 9.97 Å². The van der Waals surface area contributed by atoms with E-state index in [9.17, 15) is 4.79 Å². The lowest BCUT2D eigenvalue weighted by molar-refractivity contribution is -0.112. The fourth-order valence-corrected chi connectivity index (χ4v) is 2.12. The summed E-state index contributed by atoms with van der Waals surface area (Å²) in [6.07, 6.45) is 5.15. The number of hydrogen-bond donors (Lipinski definition) is 1. The highest BCUT2D eigenvalue weighted by Gasteiger charge is 2.08. The Labute approximate surface area is 122 Å². The monoisotopic (exact) mass is 275 g/mol. The van der Waals surface area contributed by atoms with Crippen molar-refractivity contribution in [2.24, 2.45) is 5.73 Å². The number of hydrogen-bond acceptors (Lipinski definition) is 3. The maximum atomic E-state index is 11.7. The molecule has 2 heterocycles. The molecule has 21 heavy (non-hydrogen) atoms. The van der Waals surface area contributed by atoms with Gasteiger partial charge in [-0.2, -0.15) is 0 Å². The van der Waals surface area contributed by atoms with Crippen LogP contribution >= 0.6 is 0 Å². The molecule has 0 spiro atoms. The number of rotatable bonds is 3. The second-order valence-corrected chi connectivity index (χ2v) is 4.59. The molecule has 0 aliphatic carbocycles. The molecule has 2 aromatic heterocycles. The molecule has 1 amide bonds. The van der Waals surface area contributed by atoms with E-state index in [1.165, 1.54) is 0 Å². The van der Waals surface area contributed by atoms with E-state index < -0.39 is 5.91 Å². The lowest BCUT2D eigenvalue weighted by atomic mass is 10.0. The number of pyridine rings is 2. The Hall–Kier alpha value is -3.01. The molecule has 0 bridgehead atoms. The number of carbonyl (C=O) groups is 1. The number of benzene rings is 1. The Bertz CT molecular complexity index is 826. The second kappa shape index (κ2) is 5.54. The van der Waals surface area contributed by atoms with Gasteiger partial charge >= 0.3 is 0 Å². The van der Waals surface area contributed by atoms with Gasteiger partial charge in [0.05, 0.1) is 11.2 Å². The van der Waals surface area contributed by atoms with Crippen molar-refractivity contribution in [1.82, 2.24) is 9.97 Å². The van der Waals surface area contributed by atoms with E-state index in [0.717, 1.165) is 16.5 Å². The summed E-state index contributed by atoms with van der Waals surface area (Å²) in [5, 5.41) is 0.954. The van der Waals surface area contributed by atoms with Crippen LogP contribution in [0.3, 0.4) is 0 Å². The molecule has 0 saturated heterocycles.